The lowest BCUT2D eigenvalue weighted by atomic mass is 10.1. The maximum absolute atomic E-state index is 8.81. The first kappa shape index (κ1) is 23.2. The van der Waals surface area contributed by atoms with Crippen molar-refractivity contribution in [2.75, 3.05) is 6.79 Å². The van der Waals surface area contributed by atoms with Gasteiger partial charge in [-0.1, -0.05) is 83.4 Å². The minimum Gasteiger partial charge on any atom is -0.454 e. The molecule has 1 aromatic carbocycles. The molecule has 0 bridgehead atoms. The SMILES string of the molecule is C/C=C/c1ccc2c(c1)OCO2.CC=O.CCCCCCCCCC. The molecule has 0 aliphatic carbocycles. The van der Waals surface area contributed by atoms with Gasteiger partial charge in [-0.3, -0.25) is 0 Å². The van der Waals surface area contributed by atoms with Crippen LogP contribution in [0, 0.1) is 0 Å². The van der Waals surface area contributed by atoms with Crippen molar-refractivity contribution in [3.63, 3.8) is 0 Å². The highest BCUT2D eigenvalue weighted by Gasteiger charge is 2.11. The number of aldehydes is 1. The third kappa shape index (κ3) is 12.3. The molecule has 0 unspecified atom stereocenters. The first-order valence-corrected chi connectivity index (χ1v) is 9.65. The fraction of sp³-hybridized carbons (Fsp3) is 0.591. The third-order valence-electron chi connectivity index (χ3n) is 3.71. The van der Waals surface area contributed by atoms with E-state index < -0.39 is 0 Å². The molecule has 3 nitrogen and oxygen atoms in total. The second kappa shape index (κ2) is 17.1. The largest absolute Gasteiger partial charge is 0.454 e. The molecule has 1 aromatic rings. The second-order valence-corrected chi connectivity index (χ2v) is 5.97. The van der Waals surface area contributed by atoms with Crippen LogP contribution in [0.15, 0.2) is 24.3 Å². The molecule has 3 heteroatoms. The van der Waals surface area contributed by atoms with Gasteiger partial charge in [0.1, 0.15) is 6.29 Å². The predicted octanol–water partition coefficient (Wildman–Crippen LogP) is 6.80. The first-order valence-electron chi connectivity index (χ1n) is 9.65. The van der Waals surface area contributed by atoms with Crippen molar-refractivity contribution in [3.05, 3.63) is 29.8 Å². The van der Waals surface area contributed by atoms with Crippen molar-refractivity contribution in [2.24, 2.45) is 0 Å². The molecule has 0 saturated heterocycles. The van der Waals surface area contributed by atoms with E-state index >= 15 is 0 Å². The van der Waals surface area contributed by atoms with E-state index in [9.17, 15) is 0 Å². The van der Waals surface area contributed by atoms with Crippen LogP contribution in [0.25, 0.3) is 6.08 Å². The molecule has 1 aliphatic heterocycles. The van der Waals surface area contributed by atoms with Gasteiger partial charge in [-0.15, -0.1) is 0 Å². The minimum atomic E-state index is 0.342. The van der Waals surface area contributed by atoms with E-state index in [1.807, 2.05) is 37.3 Å². The van der Waals surface area contributed by atoms with E-state index in [2.05, 4.69) is 13.8 Å². The van der Waals surface area contributed by atoms with Crippen molar-refractivity contribution in [2.45, 2.75) is 79.1 Å². The number of unbranched alkanes of at least 4 members (excludes halogenated alkanes) is 7. The first-order chi connectivity index (χ1) is 12.2. The summed E-state index contributed by atoms with van der Waals surface area (Å²) in [6.45, 7) is 8.32. The van der Waals surface area contributed by atoms with Crippen LogP contribution in [0.5, 0.6) is 11.5 Å². The molecule has 0 amide bonds. The number of hydrogen-bond acceptors (Lipinski definition) is 3. The molecule has 1 heterocycles. The monoisotopic (exact) mass is 348 g/mol. The Kier molecular flexibility index (Phi) is 15.9. The Morgan fingerprint density at radius 3 is 1.92 bits per heavy atom. The van der Waals surface area contributed by atoms with Crippen LogP contribution in [0.3, 0.4) is 0 Å². The lowest BCUT2D eigenvalue weighted by Crippen LogP contribution is -1.92. The Labute approximate surface area is 154 Å². The van der Waals surface area contributed by atoms with Gasteiger partial charge >= 0.3 is 0 Å². The minimum absolute atomic E-state index is 0.342. The van der Waals surface area contributed by atoms with Gasteiger partial charge in [0.05, 0.1) is 0 Å². The standard InChI is InChI=1S/C10H10O2.C10H22.C2H4O/c1-2-3-8-4-5-9-10(6-8)12-7-11-9;1-3-5-7-9-10-8-6-4-2;1-2-3/h2-6H,7H2,1H3;3-10H2,1-2H3;2H,1H3/b3-2+;;. The molecule has 0 N–H and O–H groups in total. The summed E-state index contributed by atoms with van der Waals surface area (Å²) in [6, 6.07) is 5.91. The van der Waals surface area contributed by atoms with Gasteiger partial charge in [0, 0.05) is 0 Å². The second-order valence-electron chi connectivity index (χ2n) is 5.97. The van der Waals surface area contributed by atoms with E-state index in [1.54, 1.807) is 0 Å². The number of benzene rings is 1. The van der Waals surface area contributed by atoms with E-state index in [0.717, 1.165) is 23.3 Å². The molecular formula is C22H36O3. The van der Waals surface area contributed by atoms with Crippen molar-refractivity contribution in [3.8, 4) is 11.5 Å². The maximum atomic E-state index is 8.81. The number of allylic oxidation sites excluding steroid dienone is 1. The van der Waals surface area contributed by atoms with E-state index in [-0.39, 0.29) is 0 Å². The van der Waals surface area contributed by atoms with E-state index in [1.165, 1.54) is 58.3 Å². The average molecular weight is 349 g/mol. The summed E-state index contributed by atoms with van der Waals surface area (Å²) >= 11 is 0. The summed E-state index contributed by atoms with van der Waals surface area (Å²) in [6.07, 6.45) is 16.2. The lowest BCUT2D eigenvalue weighted by Gasteiger charge is -1.97. The summed E-state index contributed by atoms with van der Waals surface area (Å²) in [5.41, 5.74) is 1.14. The molecule has 2 rings (SSSR count). The Morgan fingerprint density at radius 1 is 0.880 bits per heavy atom. The number of carbonyl (C=O) groups is 1. The highest BCUT2D eigenvalue weighted by molar-refractivity contribution is 5.56. The van der Waals surface area contributed by atoms with Crippen molar-refractivity contribution in [1.29, 1.82) is 0 Å². The molecule has 1 aliphatic rings. The van der Waals surface area contributed by atoms with E-state index in [4.69, 9.17) is 14.3 Å². The molecule has 0 radical (unpaired) electrons. The summed E-state index contributed by atoms with van der Waals surface area (Å²) < 4.78 is 10.4. The Hall–Kier alpha value is -1.77. The lowest BCUT2D eigenvalue weighted by molar-refractivity contribution is -0.106. The van der Waals surface area contributed by atoms with Gasteiger partial charge in [-0.2, -0.15) is 0 Å². The van der Waals surface area contributed by atoms with Gasteiger partial charge in [-0.25, -0.2) is 0 Å². The molecule has 0 spiro atoms. The Morgan fingerprint density at radius 2 is 1.40 bits per heavy atom. The highest BCUT2D eigenvalue weighted by atomic mass is 16.7. The zero-order valence-electron chi connectivity index (χ0n) is 16.6. The van der Waals surface area contributed by atoms with Gasteiger partial charge in [-0.05, 0) is 31.5 Å². The van der Waals surface area contributed by atoms with Crippen LogP contribution in [-0.2, 0) is 4.79 Å². The van der Waals surface area contributed by atoms with Crippen LogP contribution < -0.4 is 9.47 Å². The number of hydrogen-bond donors (Lipinski definition) is 0. The Bertz CT molecular complexity index is 458. The molecule has 0 saturated carbocycles. The number of ether oxygens (including phenoxy) is 2. The van der Waals surface area contributed by atoms with Gasteiger partial charge in [0.2, 0.25) is 6.79 Å². The third-order valence-corrected chi connectivity index (χ3v) is 3.71. The molecule has 0 fully saturated rings. The molecular weight excluding hydrogens is 312 g/mol. The van der Waals surface area contributed by atoms with Crippen molar-refractivity contribution >= 4 is 12.4 Å². The van der Waals surface area contributed by atoms with Crippen LogP contribution in [0.4, 0.5) is 0 Å². The number of fused-ring (bicyclic) bond motifs is 1. The summed E-state index contributed by atoms with van der Waals surface area (Å²) in [5, 5.41) is 0. The molecule has 0 aromatic heterocycles. The smallest absolute Gasteiger partial charge is 0.231 e. The maximum Gasteiger partial charge on any atom is 0.231 e. The highest BCUT2D eigenvalue weighted by Crippen LogP contribution is 2.32. The van der Waals surface area contributed by atoms with E-state index in [0.29, 0.717) is 6.79 Å². The summed E-state index contributed by atoms with van der Waals surface area (Å²) in [5.74, 6) is 1.67. The normalized spacial score (nSPS) is 11.4. The summed E-state index contributed by atoms with van der Waals surface area (Å²) in [4.78, 5) is 8.81. The Balaban J connectivity index is 0.000000406. The fourth-order valence-electron chi connectivity index (χ4n) is 2.42. The fourth-order valence-corrected chi connectivity index (χ4v) is 2.42. The average Bonchev–Trinajstić information content (AvgIpc) is 3.07. The van der Waals surface area contributed by atoms with Crippen molar-refractivity contribution < 1.29 is 14.3 Å². The quantitative estimate of drug-likeness (QED) is 0.383. The number of rotatable bonds is 8. The molecule has 142 valence electrons. The summed E-state index contributed by atoms with van der Waals surface area (Å²) in [7, 11) is 0. The van der Waals surface area contributed by atoms with Crippen LogP contribution in [0.2, 0.25) is 0 Å². The van der Waals surface area contributed by atoms with Crippen LogP contribution in [-0.4, -0.2) is 13.1 Å². The molecule has 0 atom stereocenters. The zero-order chi connectivity index (χ0) is 18.8. The van der Waals surface area contributed by atoms with Gasteiger partial charge in [0.25, 0.3) is 0 Å². The van der Waals surface area contributed by atoms with Gasteiger partial charge < -0.3 is 14.3 Å². The number of carbonyl (C=O) groups excluding carboxylic acids is 1. The van der Waals surface area contributed by atoms with Crippen molar-refractivity contribution in [1.82, 2.24) is 0 Å². The van der Waals surface area contributed by atoms with Crippen LogP contribution in [0.1, 0.15) is 84.6 Å². The van der Waals surface area contributed by atoms with Gasteiger partial charge in [0.15, 0.2) is 11.5 Å². The topological polar surface area (TPSA) is 35.5 Å². The molecule has 25 heavy (non-hydrogen) atoms. The predicted molar refractivity (Wildman–Crippen MR) is 107 cm³/mol. The van der Waals surface area contributed by atoms with Crippen LogP contribution >= 0.6 is 0 Å². The zero-order valence-corrected chi connectivity index (χ0v) is 16.6.